The number of aryl methyl sites for hydroxylation is 1. The first-order valence-corrected chi connectivity index (χ1v) is 6.90. The second-order valence-corrected chi connectivity index (χ2v) is 5.58. The molecule has 2 aromatic heterocycles. The highest BCUT2D eigenvalue weighted by Gasteiger charge is 2.16. The zero-order valence-electron chi connectivity index (χ0n) is 10.7. The van der Waals surface area contributed by atoms with E-state index in [-0.39, 0.29) is 5.82 Å². The van der Waals surface area contributed by atoms with E-state index in [9.17, 15) is 4.39 Å². The van der Waals surface area contributed by atoms with Crippen LogP contribution in [0.4, 0.5) is 4.39 Å². The topological polar surface area (TPSA) is 52.0 Å². The molecule has 0 bridgehead atoms. The Kier molecular flexibility index (Phi) is 3.31. The van der Waals surface area contributed by atoms with E-state index in [0.717, 1.165) is 27.2 Å². The Balaban J connectivity index is 2.05. The van der Waals surface area contributed by atoms with E-state index in [1.807, 2.05) is 25.1 Å². The Bertz CT molecular complexity index is 767. The number of hydrogen-bond donors (Lipinski definition) is 1. The molecule has 1 unspecified atom stereocenters. The highest BCUT2D eigenvalue weighted by Crippen LogP contribution is 2.30. The molecule has 1 aromatic carbocycles. The minimum Gasteiger partial charge on any atom is -0.459 e. The first-order valence-electron chi connectivity index (χ1n) is 6.11. The number of nitrogens with two attached hydrogens (primary N) is 1. The van der Waals surface area contributed by atoms with Gasteiger partial charge in [-0.1, -0.05) is 15.9 Å². The van der Waals surface area contributed by atoms with Gasteiger partial charge in [-0.15, -0.1) is 0 Å². The van der Waals surface area contributed by atoms with Crippen molar-refractivity contribution in [1.29, 1.82) is 0 Å². The largest absolute Gasteiger partial charge is 0.459 e. The molecule has 3 nitrogen and oxygen atoms in total. The molecular weight excluding hydrogens is 323 g/mol. The number of rotatable bonds is 2. The third-order valence-electron chi connectivity index (χ3n) is 3.16. The molecule has 2 N–H and O–H groups in total. The summed E-state index contributed by atoms with van der Waals surface area (Å²) in [6, 6.07) is 8.24. The predicted molar refractivity (Wildman–Crippen MR) is 78.9 cm³/mol. The molecule has 1 atom stereocenters. The summed E-state index contributed by atoms with van der Waals surface area (Å²) >= 11 is 3.46. The Morgan fingerprint density at radius 2 is 2.10 bits per heavy atom. The second-order valence-electron chi connectivity index (χ2n) is 4.67. The fourth-order valence-corrected chi connectivity index (χ4v) is 2.76. The lowest BCUT2D eigenvalue weighted by Gasteiger charge is -2.07. The molecule has 3 aromatic rings. The molecule has 0 aliphatic heterocycles. The van der Waals surface area contributed by atoms with Crippen molar-refractivity contribution in [2.45, 2.75) is 13.0 Å². The van der Waals surface area contributed by atoms with Crippen LogP contribution in [0.2, 0.25) is 0 Å². The van der Waals surface area contributed by atoms with E-state index in [0.29, 0.717) is 11.5 Å². The van der Waals surface area contributed by atoms with Crippen LogP contribution in [0.1, 0.15) is 23.1 Å². The second kappa shape index (κ2) is 5.00. The molecule has 0 spiro atoms. The van der Waals surface area contributed by atoms with E-state index in [1.165, 1.54) is 6.07 Å². The molecule has 5 heteroatoms. The van der Waals surface area contributed by atoms with Crippen molar-refractivity contribution in [2.24, 2.45) is 5.73 Å². The van der Waals surface area contributed by atoms with Gasteiger partial charge in [-0.25, -0.2) is 4.39 Å². The van der Waals surface area contributed by atoms with E-state index in [1.54, 1.807) is 6.07 Å². The van der Waals surface area contributed by atoms with Gasteiger partial charge in [0.1, 0.15) is 23.2 Å². The molecule has 20 heavy (non-hydrogen) atoms. The number of benzene rings is 1. The van der Waals surface area contributed by atoms with E-state index >= 15 is 0 Å². The summed E-state index contributed by atoms with van der Waals surface area (Å²) in [6.07, 6.45) is 1.15. The van der Waals surface area contributed by atoms with Crippen LogP contribution >= 0.6 is 15.9 Å². The van der Waals surface area contributed by atoms with Gasteiger partial charge in [0.15, 0.2) is 0 Å². The van der Waals surface area contributed by atoms with Gasteiger partial charge in [0.05, 0.1) is 11.9 Å². The number of nitrogens with zero attached hydrogens (tertiary/aromatic N) is 1. The smallest absolute Gasteiger partial charge is 0.141 e. The van der Waals surface area contributed by atoms with Crippen LogP contribution in [0.5, 0.6) is 0 Å². The number of hydrogen-bond acceptors (Lipinski definition) is 3. The van der Waals surface area contributed by atoms with Crippen LogP contribution in [0, 0.1) is 12.7 Å². The van der Waals surface area contributed by atoms with Gasteiger partial charge < -0.3 is 10.2 Å². The normalized spacial score (nSPS) is 12.8. The van der Waals surface area contributed by atoms with Crippen LogP contribution in [0.15, 0.2) is 45.4 Å². The summed E-state index contributed by atoms with van der Waals surface area (Å²) in [6.45, 7) is 1.97. The molecule has 3 rings (SSSR count). The van der Waals surface area contributed by atoms with Crippen molar-refractivity contribution >= 4 is 26.9 Å². The highest BCUT2D eigenvalue weighted by atomic mass is 79.9. The highest BCUT2D eigenvalue weighted by molar-refractivity contribution is 9.10. The molecule has 0 radical (unpaired) electrons. The molecular formula is C15H12BrFN2O. The molecule has 102 valence electrons. The summed E-state index contributed by atoms with van der Waals surface area (Å²) in [7, 11) is 0. The lowest BCUT2D eigenvalue weighted by atomic mass is 10.1. The maximum absolute atomic E-state index is 12.9. The Labute approximate surface area is 123 Å². The maximum Gasteiger partial charge on any atom is 0.141 e. The quantitative estimate of drug-likeness (QED) is 0.768. The van der Waals surface area contributed by atoms with E-state index in [2.05, 4.69) is 20.9 Å². The van der Waals surface area contributed by atoms with Crippen molar-refractivity contribution in [3.05, 3.63) is 63.8 Å². The minimum atomic E-state index is -0.513. The number of furan rings is 1. The van der Waals surface area contributed by atoms with E-state index in [4.69, 9.17) is 10.2 Å². The SMILES string of the molecule is Cc1cc(Br)cc2cc(C(N)c3ccc(F)cn3)oc12. The zero-order chi connectivity index (χ0) is 14.3. The zero-order valence-corrected chi connectivity index (χ0v) is 12.3. The van der Waals surface area contributed by atoms with Crippen LogP contribution in [0.25, 0.3) is 11.0 Å². The fourth-order valence-electron chi connectivity index (χ4n) is 2.17. The third-order valence-corrected chi connectivity index (χ3v) is 3.62. The predicted octanol–water partition coefficient (Wildman–Crippen LogP) is 4.09. The van der Waals surface area contributed by atoms with Gasteiger partial charge in [-0.3, -0.25) is 4.98 Å². The molecule has 0 aliphatic carbocycles. The maximum atomic E-state index is 12.9. The molecule has 0 fully saturated rings. The summed E-state index contributed by atoms with van der Waals surface area (Å²) in [5, 5.41) is 0.976. The Morgan fingerprint density at radius 1 is 1.30 bits per heavy atom. The molecule has 0 amide bonds. The Morgan fingerprint density at radius 3 is 2.80 bits per heavy atom. The van der Waals surface area contributed by atoms with Gasteiger partial charge in [-0.2, -0.15) is 0 Å². The molecule has 0 saturated heterocycles. The standard InChI is InChI=1S/C15H12BrFN2O/c1-8-4-10(16)5-9-6-13(20-15(8)9)14(18)12-3-2-11(17)7-19-12/h2-7,14H,18H2,1H3. The average molecular weight is 335 g/mol. The number of aromatic nitrogens is 1. The lowest BCUT2D eigenvalue weighted by molar-refractivity contribution is 0.517. The van der Waals surface area contributed by atoms with Gasteiger partial charge in [0.2, 0.25) is 0 Å². The molecule has 0 aliphatic rings. The summed E-state index contributed by atoms with van der Waals surface area (Å²) < 4.78 is 19.7. The fraction of sp³-hybridized carbons (Fsp3) is 0.133. The monoisotopic (exact) mass is 334 g/mol. The van der Waals surface area contributed by atoms with Crippen LogP contribution in [-0.2, 0) is 0 Å². The van der Waals surface area contributed by atoms with Crippen molar-refractivity contribution in [2.75, 3.05) is 0 Å². The average Bonchev–Trinajstić information content (AvgIpc) is 2.83. The number of fused-ring (bicyclic) bond motifs is 1. The van der Waals surface area contributed by atoms with Crippen molar-refractivity contribution in [3.63, 3.8) is 0 Å². The molecule has 2 heterocycles. The van der Waals surface area contributed by atoms with Crippen LogP contribution < -0.4 is 5.73 Å². The van der Waals surface area contributed by atoms with E-state index < -0.39 is 6.04 Å². The minimum absolute atomic E-state index is 0.384. The van der Waals surface area contributed by atoms with Gasteiger partial charge in [-0.05, 0) is 42.8 Å². The third kappa shape index (κ3) is 2.34. The first kappa shape index (κ1) is 13.3. The van der Waals surface area contributed by atoms with Gasteiger partial charge >= 0.3 is 0 Å². The number of pyridine rings is 1. The molecule has 0 saturated carbocycles. The number of halogens is 2. The van der Waals surface area contributed by atoms with Gasteiger partial charge in [0, 0.05) is 9.86 Å². The summed E-state index contributed by atoms with van der Waals surface area (Å²) in [5.41, 5.74) is 8.53. The Hall–Kier alpha value is -1.72. The van der Waals surface area contributed by atoms with Crippen LogP contribution in [-0.4, -0.2) is 4.98 Å². The summed E-state index contributed by atoms with van der Waals surface area (Å²) in [5.74, 6) is 0.227. The first-order chi connectivity index (χ1) is 9.54. The summed E-state index contributed by atoms with van der Waals surface area (Å²) in [4.78, 5) is 4.00. The van der Waals surface area contributed by atoms with Crippen molar-refractivity contribution in [3.8, 4) is 0 Å². The van der Waals surface area contributed by atoms with Crippen molar-refractivity contribution in [1.82, 2.24) is 4.98 Å². The van der Waals surface area contributed by atoms with Crippen molar-refractivity contribution < 1.29 is 8.81 Å². The lowest BCUT2D eigenvalue weighted by Crippen LogP contribution is -2.12. The van der Waals surface area contributed by atoms with Gasteiger partial charge in [0.25, 0.3) is 0 Å². The van der Waals surface area contributed by atoms with Crippen LogP contribution in [0.3, 0.4) is 0 Å².